The lowest BCUT2D eigenvalue weighted by Gasteiger charge is -2.45. The van der Waals surface area contributed by atoms with E-state index in [4.69, 9.17) is 0 Å². The van der Waals surface area contributed by atoms with Crippen LogP contribution >= 0.6 is 0 Å². The normalized spacial score (nSPS) is 28.9. The van der Waals surface area contributed by atoms with E-state index in [9.17, 15) is 0 Å². The zero-order valence-electron chi connectivity index (χ0n) is 10.1. The topological polar surface area (TPSA) is 0 Å². The summed E-state index contributed by atoms with van der Waals surface area (Å²) < 4.78 is 1.18. The van der Waals surface area contributed by atoms with Crippen molar-refractivity contribution in [3.63, 3.8) is 0 Å². The quantitative estimate of drug-likeness (QED) is 0.465. The lowest BCUT2D eigenvalue weighted by atomic mass is 9.89. The van der Waals surface area contributed by atoms with Gasteiger partial charge in [0.25, 0.3) is 0 Å². The summed E-state index contributed by atoms with van der Waals surface area (Å²) in [6, 6.07) is 0. The van der Waals surface area contributed by atoms with Crippen LogP contribution in [0.5, 0.6) is 0 Å². The first-order valence-electron chi connectivity index (χ1n) is 5.69. The van der Waals surface area contributed by atoms with Gasteiger partial charge in [0.2, 0.25) is 0 Å². The highest BCUT2D eigenvalue weighted by atomic mass is 35.5. The fourth-order valence-corrected chi connectivity index (χ4v) is 3.15. The van der Waals surface area contributed by atoms with Crippen LogP contribution in [-0.2, 0) is 0 Å². The highest BCUT2D eigenvalue weighted by Gasteiger charge is 2.34. The molecule has 15 heavy (non-hydrogen) atoms. The zero-order chi connectivity index (χ0) is 10.6. The lowest BCUT2D eigenvalue weighted by molar-refractivity contribution is -0.928. The second-order valence-electron chi connectivity index (χ2n) is 5.10. The Balaban J connectivity index is 0.00000196. The molecule has 0 bridgehead atoms. The third kappa shape index (κ3) is 4.00. The summed E-state index contributed by atoms with van der Waals surface area (Å²) in [5.41, 5.74) is 0. The van der Waals surface area contributed by atoms with Gasteiger partial charge in [-0.3, -0.25) is 0 Å². The number of nitrogens with zero attached hydrogens (tertiary/aromatic N) is 1. The van der Waals surface area contributed by atoms with Crippen LogP contribution < -0.4 is 12.4 Å². The molecule has 0 aromatic heterocycles. The molecule has 1 heterocycles. The van der Waals surface area contributed by atoms with Crippen molar-refractivity contribution in [1.82, 2.24) is 0 Å². The predicted octanol–water partition coefficient (Wildman–Crippen LogP) is -0.145. The molecule has 1 nitrogen and oxygen atoms in total. The molecule has 0 aliphatic carbocycles. The molecular weight excluding hydrogens is 206 g/mol. The smallest absolute Gasteiger partial charge is 0.0973 e. The van der Waals surface area contributed by atoms with Crippen LogP contribution in [0.25, 0.3) is 0 Å². The van der Waals surface area contributed by atoms with E-state index in [0.29, 0.717) is 0 Å². The predicted molar refractivity (Wildman–Crippen MR) is 63.1 cm³/mol. The van der Waals surface area contributed by atoms with Gasteiger partial charge in [0, 0.05) is 11.8 Å². The number of likely N-dealkylation sites (tertiary alicyclic amines) is 1. The van der Waals surface area contributed by atoms with E-state index in [2.05, 4.69) is 39.2 Å². The fourth-order valence-electron chi connectivity index (χ4n) is 3.15. The van der Waals surface area contributed by atoms with E-state index in [1.165, 1.54) is 24.0 Å². The number of halogens is 1. The van der Waals surface area contributed by atoms with Crippen LogP contribution in [0.2, 0.25) is 0 Å². The van der Waals surface area contributed by atoms with Gasteiger partial charge >= 0.3 is 0 Å². The van der Waals surface area contributed by atoms with Gasteiger partial charge in [0.15, 0.2) is 0 Å². The molecule has 0 aromatic rings. The summed E-state index contributed by atoms with van der Waals surface area (Å²) >= 11 is 0. The van der Waals surface area contributed by atoms with Crippen molar-refractivity contribution in [2.45, 2.75) is 20.3 Å². The second kappa shape index (κ2) is 6.34. The summed E-state index contributed by atoms with van der Waals surface area (Å²) in [4.78, 5) is 0. The fraction of sp³-hybridized carbons (Fsp3) is 0.692. The molecule has 2 unspecified atom stereocenters. The Kier molecular flexibility index (Phi) is 6.23. The molecule has 1 aliphatic heterocycles. The Hall–Kier alpha value is -0.270. The van der Waals surface area contributed by atoms with Gasteiger partial charge in [-0.2, -0.15) is 0 Å². The summed E-state index contributed by atoms with van der Waals surface area (Å²) in [7, 11) is 0. The molecule has 2 atom stereocenters. The van der Waals surface area contributed by atoms with Gasteiger partial charge in [-0.05, 0) is 18.6 Å². The monoisotopic (exact) mass is 229 g/mol. The van der Waals surface area contributed by atoms with Crippen molar-refractivity contribution in [2.24, 2.45) is 11.8 Å². The van der Waals surface area contributed by atoms with Crippen molar-refractivity contribution < 1.29 is 16.9 Å². The van der Waals surface area contributed by atoms with E-state index >= 15 is 0 Å². The van der Waals surface area contributed by atoms with Gasteiger partial charge < -0.3 is 16.9 Å². The Morgan fingerprint density at radius 2 is 1.47 bits per heavy atom. The number of piperidine rings is 1. The summed E-state index contributed by atoms with van der Waals surface area (Å²) in [6.07, 6.45) is 5.51. The first-order chi connectivity index (χ1) is 6.62. The van der Waals surface area contributed by atoms with Crippen molar-refractivity contribution in [3.8, 4) is 0 Å². The SMILES string of the molecule is C=CC[N+]1(CC=C)CC(C)CC(C)C1.[Cl-]. The maximum absolute atomic E-state index is 3.88. The van der Waals surface area contributed by atoms with Crippen LogP contribution in [0.15, 0.2) is 25.3 Å². The molecule has 0 amide bonds. The first kappa shape index (κ1) is 14.7. The summed E-state index contributed by atoms with van der Waals surface area (Å²) in [5.74, 6) is 1.69. The van der Waals surface area contributed by atoms with Crippen molar-refractivity contribution >= 4 is 0 Å². The van der Waals surface area contributed by atoms with Gasteiger partial charge in [-0.25, -0.2) is 0 Å². The third-order valence-corrected chi connectivity index (χ3v) is 3.24. The van der Waals surface area contributed by atoms with Crippen LogP contribution in [0.3, 0.4) is 0 Å². The minimum absolute atomic E-state index is 0. The van der Waals surface area contributed by atoms with E-state index < -0.39 is 0 Å². The molecule has 0 N–H and O–H groups in total. The highest BCUT2D eigenvalue weighted by Crippen LogP contribution is 2.27. The van der Waals surface area contributed by atoms with Gasteiger partial charge in [0.05, 0.1) is 26.2 Å². The highest BCUT2D eigenvalue weighted by molar-refractivity contribution is 4.76. The Bertz CT molecular complexity index is 191. The molecule has 1 rings (SSSR count). The second-order valence-corrected chi connectivity index (χ2v) is 5.10. The minimum Gasteiger partial charge on any atom is -1.00 e. The third-order valence-electron chi connectivity index (χ3n) is 3.24. The number of hydrogen-bond donors (Lipinski definition) is 0. The van der Waals surface area contributed by atoms with Crippen molar-refractivity contribution in [2.75, 3.05) is 26.2 Å². The van der Waals surface area contributed by atoms with E-state index in [-0.39, 0.29) is 12.4 Å². The minimum atomic E-state index is 0. The average Bonchev–Trinajstić information content (AvgIpc) is 2.02. The standard InChI is InChI=1S/C13H24N.ClH/c1-5-7-14(8-6-2)10-12(3)9-13(4)11-14;/h5-6,12-13H,1-2,7-11H2,3-4H3;1H/q+1;/p-1. The molecule has 0 radical (unpaired) electrons. The largest absolute Gasteiger partial charge is 1.00 e. The van der Waals surface area contributed by atoms with E-state index in [1.54, 1.807) is 0 Å². The zero-order valence-corrected chi connectivity index (χ0v) is 10.8. The molecule has 88 valence electrons. The molecule has 1 saturated heterocycles. The average molecular weight is 230 g/mol. The van der Waals surface area contributed by atoms with Gasteiger partial charge in [-0.15, -0.1) is 0 Å². The summed E-state index contributed by atoms with van der Waals surface area (Å²) in [6.45, 7) is 17.3. The Morgan fingerprint density at radius 1 is 1.07 bits per heavy atom. The van der Waals surface area contributed by atoms with Crippen molar-refractivity contribution in [1.29, 1.82) is 0 Å². The van der Waals surface area contributed by atoms with Gasteiger partial charge in [-0.1, -0.05) is 27.0 Å². The molecular formula is C13H24ClN. The van der Waals surface area contributed by atoms with Gasteiger partial charge in [0.1, 0.15) is 0 Å². The van der Waals surface area contributed by atoms with Crippen LogP contribution in [-0.4, -0.2) is 30.7 Å². The Labute approximate surface area is 101 Å². The number of rotatable bonds is 4. The van der Waals surface area contributed by atoms with Crippen LogP contribution in [0, 0.1) is 11.8 Å². The molecule has 0 saturated carbocycles. The van der Waals surface area contributed by atoms with Crippen molar-refractivity contribution in [3.05, 3.63) is 25.3 Å². The van der Waals surface area contributed by atoms with Crippen LogP contribution in [0.1, 0.15) is 20.3 Å². The van der Waals surface area contributed by atoms with E-state index in [1.807, 2.05) is 0 Å². The first-order valence-corrected chi connectivity index (χ1v) is 5.69. The summed E-state index contributed by atoms with van der Waals surface area (Å²) in [5, 5.41) is 0. The Morgan fingerprint density at radius 3 is 1.80 bits per heavy atom. The van der Waals surface area contributed by atoms with Crippen LogP contribution in [0.4, 0.5) is 0 Å². The maximum Gasteiger partial charge on any atom is 0.0973 e. The molecule has 0 spiro atoms. The number of quaternary nitrogens is 1. The molecule has 0 aromatic carbocycles. The molecule has 1 aliphatic rings. The lowest BCUT2D eigenvalue weighted by Crippen LogP contribution is -3.00. The maximum atomic E-state index is 3.88. The molecule has 1 fully saturated rings. The number of hydrogen-bond acceptors (Lipinski definition) is 0. The molecule has 2 heteroatoms. The van der Waals surface area contributed by atoms with E-state index in [0.717, 1.165) is 24.9 Å².